The minimum absolute atomic E-state index is 0.0270. The van der Waals surface area contributed by atoms with Crippen LogP contribution in [0.2, 0.25) is 0 Å². The number of nitrogens with one attached hydrogen (secondary N) is 1. The van der Waals surface area contributed by atoms with E-state index in [9.17, 15) is 14.7 Å². The van der Waals surface area contributed by atoms with Crippen molar-refractivity contribution in [1.82, 2.24) is 10.2 Å². The number of aliphatic carboxylic acids is 1. The fraction of sp³-hybridized carbons (Fsp3) is 0.579. The number of benzene rings is 1. The van der Waals surface area contributed by atoms with Crippen LogP contribution in [0.15, 0.2) is 24.3 Å². The molecule has 1 heterocycles. The van der Waals surface area contributed by atoms with Crippen LogP contribution < -0.4 is 5.32 Å². The molecule has 2 aliphatic rings. The number of carbonyl (C=O) groups excluding carboxylic acids is 1. The zero-order chi connectivity index (χ0) is 17.3. The molecular formula is C19H26N2O3. The molecule has 3 rings (SSSR count). The lowest BCUT2D eigenvalue weighted by Gasteiger charge is -2.36. The molecule has 0 spiro atoms. The van der Waals surface area contributed by atoms with Gasteiger partial charge in [-0.3, -0.25) is 4.79 Å². The van der Waals surface area contributed by atoms with Crippen LogP contribution in [0.4, 0.5) is 4.79 Å². The molecule has 0 radical (unpaired) electrons. The monoisotopic (exact) mass is 330 g/mol. The molecule has 1 saturated heterocycles. The fourth-order valence-corrected chi connectivity index (χ4v) is 3.74. The first-order valence-electron chi connectivity index (χ1n) is 8.79. The first kappa shape index (κ1) is 16.8. The SMILES string of the molecule is Cc1ccccc1C(NC(=O)N1CC(C)CC(C(=O)O)C1)C1CC1. The summed E-state index contributed by atoms with van der Waals surface area (Å²) in [7, 11) is 0. The Morgan fingerprint density at radius 1 is 1.25 bits per heavy atom. The van der Waals surface area contributed by atoms with Crippen LogP contribution in [-0.4, -0.2) is 35.1 Å². The minimum Gasteiger partial charge on any atom is -0.481 e. The molecule has 1 aromatic rings. The van der Waals surface area contributed by atoms with Crippen molar-refractivity contribution in [2.24, 2.45) is 17.8 Å². The maximum absolute atomic E-state index is 12.8. The van der Waals surface area contributed by atoms with Gasteiger partial charge in [0.05, 0.1) is 12.0 Å². The Morgan fingerprint density at radius 2 is 1.96 bits per heavy atom. The molecule has 5 nitrogen and oxygen atoms in total. The number of urea groups is 1. The molecule has 1 aromatic carbocycles. The first-order chi connectivity index (χ1) is 11.5. The van der Waals surface area contributed by atoms with Crippen LogP contribution in [-0.2, 0) is 4.79 Å². The van der Waals surface area contributed by atoms with E-state index in [0.29, 0.717) is 25.4 Å². The van der Waals surface area contributed by atoms with Gasteiger partial charge >= 0.3 is 12.0 Å². The van der Waals surface area contributed by atoms with Gasteiger partial charge in [0.2, 0.25) is 0 Å². The molecule has 0 bridgehead atoms. The molecule has 2 fully saturated rings. The standard InChI is InChI=1S/C19H26N2O3/c1-12-9-15(18(22)23)11-21(10-12)19(24)20-17(14-7-8-14)16-6-4-3-5-13(16)2/h3-6,12,14-15,17H,7-11H2,1-2H3,(H,20,24)(H,22,23). The Bertz CT molecular complexity index is 627. The summed E-state index contributed by atoms with van der Waals surface area (Å²) in [6, 6.07) is 8.06. The summed E-state index contributed by atoms with van der Waals surface area (Å²) in [4.78, 5) is 25.8. The lowest BCUT2D eigenvalue weighted by molar-refractivity contribution is -0.143. The molecule has 24 heavy (non-hydrogen) atoms. The van der Waals surface area contributed by atoms with E-state index in [4.69, 9.17) is 0 Å². The molecule has 2 amide bonds. The molecule has 3 unspecified atom stereocenters. The Kier molecular flexibility index (Phi) is 4.78. The van der Waals surface area contributed by atoms with E-state index in [0.717, 1.165) is 12.8 Å². The Labute approximate surface area is 143 Å². The highest BCUT2D eigenvalue weighted by atomic mass is 16.4. The maximum atomic E-state index is 12.8. The van der Waals surface area contributed by atoms with Gasteiger partial charge < -0.3 is 15.3 Å². The van der Waals surface area contributed by atoms with Crippen LogP contribution in [0.3, 0.4) is 0 Å². The lowest BCUT2D eigenvalue weighted by atomic mass is 9.90. The summed E-state index contributed by atoms with van der Waals surface area (Å²) < 4.78 is 0. The Balaban J connectivity index is 1.72. The topological polar surface area (TPSA) is 69.6 Å². The maximum Gasteiger partial charge on any atom is 0.317 e. The predicted octanol–water partition coefficient (Wildman–Crippen LogP) is 3.20. The smallest absolute Gasteiger partial charge is 0.317 e. The molecular weight excluding hydrogens is 304 g/mol. The quantitative estimate of drug-likeness (QED) is 0.891. The average molecular weight is 330 g/mol. The zero-order valence-electron chi connectivity index (χ0n) is 14.4. The second kappa shape index (κ2) is 6.83. The summed E-state index contributed by atoms with van der Waals surface area (Å²) >= 11 is 0. The van der Waals surface area contributed by atoms with Crippen LogP contribution in [0.5, 0.6) is 0 Å². The molecule has 3 atom stereocenters. The number of hydrogen-bond acceptors (Lipinski definition) is 2. The van der Waals surface area contributed by atoms with Crippen LogP contribution in [0, 0.1) is 24.7 Å². The van der Waals surface area contributed by atoms with E-state index in [1.54, 1.807) is 4.90 Å². The number of rotatable bonds is 4. The predicted molar refractivity (Wildman–Crippen MR) is 91.7 cm³/mol. The highest BCUT2D eigenvalue weighted by Gasteiger charge is 2.37. The van der Waals surface area contributed by atoms with E-state index >= 15 is 0 Å². The van der Waals surface area contributed by atoms with Crippen molar-refractivity contribution in [3.63, 3.8) is 0 Å². The number of carbonyl (C=O) groups is 2. The second-order valence-corrected chi connectivity index (χ2v) is 7.40. The number of nitrogens with zero attached hydrogens (tertiary/aromatic N) is 1. The third-order valence-electron chi connectivity index (χ3n) is 5.19. The van der Waals surface area contributed by atoms with E-state index in [1.165, 1.54) is 11.1 Å². The Hall–Kier alpha value is -2.04. The van der Waals surface area contributed by atoms with E-state index < -0.39 is 11.9 Å². The normalized spacial score (nSPS) is 25.2. The van der Waals surface area contributed by atoms with Crippen molar-refractivity contribution in [2.75, 3.05) is 13.1 Å². The van der Waals surface area contributed by atoms with Crippen molar-refractivity contribution in [3.8, 4) is 0 Å². The molecule has 2 N–H and O–H groups in total. The third-order valence-corrected chi connectivity index (χ3v) is 5.19. The zero-order valence-corrected chi connectivity index (χ0v) is 14.4. The van der Waals surface area contributed by atoms with Gasteiger partial charge in [-0.2, -0.15) is 0 Å². The van der Waals surface area contributed by atoms with Gasteiger partial charge in [-0.25, -0.2) is 4.79 Å². The average Bonchev–Trinajstić information content (AvgIpc) is 3.37. The number of amides is 2. The van der Waals surface area contributed by atoms with Crippen molar-refractivity contribution in [2.45, 2.75) is 39.2 Å². The molecule has 130 valence electrons. The number of likely N-dealkylation sites (tertiary alicyclic amines) is 1. The lowest BCUT2D eigenvalue weighted by Crippen LogP contribution is -2.50. The molecule has 0 aromatic heterocycles. The second-order valence-electron chi connectivity index (χ2n) is 7.40. The van der Waals surface area contributed by atoms with Crippen molar-refractivity contribution in [1.29, 1.82) is 0 Å². The summed E-state index contributed by atoms with van der Waals surface area (Å²) in [6.45, 7) is 5.01. The van der Waals surface area contributed by atoms with Gasteiger partial charge in [0, 0.05) is 13.1 Å². The molecule has 5 heteroatoms. The number of carboxylic acid groups (broad SMARTS) is 1. The van der Waals surface area contributed by atoms with Crippen molar-refractivity contribution >= 4 is 12.0 Å². The molecule has 1 saturated carbocycles. The van der Waals surface area contributed by atoms with E-state index in [-0.39, 0.29) is 18.0 Å². The van der Waals surface area contributed by atoms with E-state index in [2.05, 4.69) is 24.4 Å². The number of hydrogen-bond donors (Lipinski definition) is 2. The molecule has 1 aliphatic heterocycles. The van der Waals surface area contributed by atoms with Gasteiger partial charge in [0.1, 0.15) is 0 Å². The fourth-order valence-electron chi connectivity index (χ4n) is 3.74. The van der Waals surface area contributed by atoms with Crippen LogP contribution in [0.1, 0.15) is 43.4 Å². The number of piperidine rings is 1. The molecule has 1 aliphatic carbocycles. The van der Waals surface area contributed by atoms with Gasteiger partial charge in [0.25, 0.3) is 0 Å². The summed E-state index contributed by atoms with van der Waals surface area (Å²) in [5.41, 5.74) is 2.36. The van der Waals surface area contributed by atoms with Crippen molar-refractivity contribution in [3.05, 3.63) is 35.4 Å². The van der Waals surface area contributed by atoms with Gasteiger partial charge in [-0.1, -0.05) is 31.2 Å². The van der Waals surface area contributed by atoms with Crippen molar-refractivity contribution < 1.29 is 14.7 Å². The van der Waals surface area contributed by atoms with Gasteiger partial charge in [0.15, 0.2) is 0 Å². The summed E-state index contributed by atoms with van der Waals surface area (Å²) in [5, 5.41) is 12.5. The minimum atomic E-state index is -0.808. The highest BCUT2D eigenvalue weighted by Crippen LogP contribution is 2.42. The van der Waals surface area contributed by atoms with Crippen LogP contribution >= 0.6 is 0 Å². The Morgan fingerprint density at radius 3 is 2.58 bits per heavy atom. The van der Waals surface area contributed by atoms with Gasteiger partial charge in [-0.15, -0.1) is 0 Å². The number of carboxylic acids is 1. The highest BCUT2D eigenvalue weighted by molar-refractivity contribution is 5.77. The third kappa shape index (κ3) is 3.71. The van der Waals surface area contributed by atoms with E-state index in [1.807, 2.05) is 19.1 Å². The largest absolute Gasteiger partial charge is 0.481 e. The summed E-state index contributed by atoms with van der Waals surface area (Å²) in [5.74, 6) is -0.565. The van der Waals surface area contributed by atoms with Crippen LogP contribution in [0.25, 0.3) is 0 Å². The number of aryl methyl sites for hydroxylation is 1. The first-order valence-corrected chi connectivity index (χ1v) is 8.79. The summed E-state index contributed by atoms with van der Waals surface area (Å²) in [6.07, 6.45) is 2.91. The van der Waals surface area contributed by atoms with Gasteiger partial charge in [-0.05, 0) is 49.1 Å².